The van der Waals surface area contributed by atoms with Gasteiger partial charge in [0, 0.05) is 13.1 Å². The molecule has 2 aliphatic rings. The van der Waals surface area contributed by atoms with E-state index >= 15 is 0 Å². The molecule has 1 aromatic rings. The summed E-state index contributed by atoms with van der Waals surface area (Å²) in [5, 5.41) is 12.0. The van der Waals surface area contributed by atoms with Crippen LogP contribution in [0.4, 0.5) is 0 Å². The van der Waals surface area contributed by atoms with Gasteiger partial charge in [-0.15, -0.1) is 16.9 Å². The summed E-state index contributed by atoms with van der Waals surface area (Å²) in [5.74, 6) is 2.43. The molecule has 20 heavy (non-hydrogen) atoms. The molecule has 1 saturated carbocycles. The number of carbonyl (C=O) groups excluding carboxylic acids is 1. The van der Waals surface area contributed by atoms with Crippen molar-refractivity contribution < 1.29 is 4.79 Å². The van der Waals surface area contributed by atoms with E-state index in [0.717, 1.165) is 37.5 Å². The van der Waals surface area contributed by atoms with Crippen molar-refractivity contribution in [3.63, 3.8) is 0 Å². The number of aromatic nitrogens is 4. The Hall–Kier alpha value is -1.11. The molecule has 6 nitrogen and oxygen atoms in total. The predicted molar refractivity (Wildman–Crippen MR) is 77.3 cm³/mol. The minimum Gasteiger partial charge on any atom is -0.342 e. The maximum Gasteiger partial charge on any atom is 0.232 e. The lowest BCUT2D eigenvalue weighted by Crippen LogP contribution is -2.29. The largest absolute Gasteiger partial charge is 0.342 e. The summed E-state index contributed by atoms with van der Waals surface area (Å²) in [6.07, 6.45) is 7.19. The Morgan fingerprint density at radius 3 is 2.70 bits per heavy atom. The first kappa shape index (κ1) is 13.9. The number of rotatable bonds is 5. The van der Waals surface area contributed by atoms with Gasteiger partial charge in [-0.3, -0.25) is 4.79 Å². The number of tetrazole rings is 1. The molecule has 2 heterocycles. The molecule has 0 unspecified atom stereocenters. The van der Waals surface area contributed by atoms with Crippen LogP contribution in [-0.2, 0) is 10.5 Å². The molecule has 110 valence electrons. The first-order valence-corrected chi connectivity index (χ1v) is 8.62. The quantitative estimate of drug-likeness (QED) is 0.826. The van der Waals surface area contributed by atoms with Gasteiger partial charge in [-0.25, -0.2) is 4.68 Å². The van der Waals surface area contributed by atoms with Crippen molar-refractivity contribution in [3.05, 3.63) is 5.82 Å². The Morgan fingerprint density at radius 2 is 1.95 bits per heavy atom. The number of amides is 1. The molecule has 0 bridgehead atoms. The monoisotopic (exact) mass is 295 g/mol. The molecule has 0 atom stereocenters. The van der Waals surface area contributed by atoms with Crippen LogP contribution < -0.4 is 0 Å². The Kier molecular flexibility index (Phi) is 4.54. The fourth-order valence-corrected chi connectivity index (χ4v) is 3.86. The summed E-state index contributed by atoms with van der Waals surface area (Å²) in [4.78, 5) is 13.9. The zero-order valence-corrected chi connectivity index (χ0v) is 12.5. The van der Waals surface area contributed by atoms with Crippen molar-refractivity contribution in [1.82, 2.24) is 25.1 Å². The third kappa shape index (κ3) is 3.13. The van der Waals surface area contributed by atoms with Crippen LogP contribution in [-0.4, -0.2) is 49.9 Å². The molecule has 1 aromatic heterocycles. The number of hydrogen-bond acceptors (Lipinski definition) is 5. The lowest BCUT2D eigenvalue weighted by molar-refractivity contribution is -0.127. The van der Waals surface area contributed by atoms with Crippen LogP contribution in [0.3, 0.4) is 0 Å². The van der Waals surface area contributed by atoms with Gasteiger partial charge in [-0.05, 0) is 36.1 Å². The zero-order valence-electron chi connectivity index (χ0n) is 11.7. The van der Waals surface area contributed by atoms with Crippen LogP contribution in [0.15, 0.2) is 0 Å². The Balaban J connectivity index is 1.48. The number of nitrogens with zero attached hydrogens (tertiary/aromatic N) is 5. The second-order valence-corrected chi connectivity index (χ2v) is 6.54. The van der Waals surface area contributed by atoms with Crippen LogP contribution >= 0.6 is 11.8 Å². The molecule has 7 heteroatoms. The van der Waals surface area contributed by atoms with Crippen LogP contribution in [0.25, 0.3) is 0 Å². The standard InChI is InChI=1S/C13H21N5OS/c19-13(17-7-3-4-8-17)10-20-9-12-14-15-16-18(12)11-5-1-2-6-11/h11H,1-10H2. The third-order valence-corrected chi connectivity index (χ3v) is 5.06. The lowest BCUT2D eigenvalue weighted by Gasteiger charge is -2.15. The van der Waals surface area contributed by atoms with Gasteiger partial charge < -0.3 is 4.90 Å². The fraction of sp³-hybridized carbons (Fsp3) is 0.846. The van der Waals surface area contributed by atoms with Crippen LogP contribution in [0.5, 0.6) is 0 Å². The molecule has 3 rings (SSSR count). The van der Waals surface area contributed by atoms with Gasteiger partial charge in [0.05, 0.1) is 17.5 Å². The topological polar surface area (TPSA) is 63.9 Å². The Bertz CT molecular complexity index is 451. The van der Waals surface area contributed by atoms with Gasteiger partial charge >= 0.3 is 0 Å². The molecule has 2 fully saturated rings. The van der Waals surface area contributed by atoms with Crippen LogP contribution in [0.2, 0.25) is 0 Å². The second kappa shape index (κ2) is 6.56. The lowest BCUT2D eigenvalue weighted by atomic mass is 10.2. The highest BCUT2D eigenvalue weighted by atomic mass is 32.2. The molecular formula is C13H21N5OS. The molecule has 1 amide bonds. The van der Waals surface area contributed by atoms with Gasteiger partial charge in [0.25, 0.3) is 0 Å². The summed E-state index contributed by atoms with van der Waals surface area (Å²) in [7, 11) is 0. The third-order valence-electron chi connectivity index (χ3n) is 4.15. The van der Waals surface area contributed by atoms with Gasteiger partial charge in [0.15, 0.2) is 5.82 Å². The van der Waals surface area contributed by atoms with Crippen molar-refractivity contribution >= 4 is 17.7 Å². The first-order chi connectivity index (χ1) is 9.84. The first-order valence-electron chi connectivity index (χ1n) is 7.47. The number of hydrogen-bond donors (Lipinski definition) is 0. The minimum atomic E-state index is 0.257. The number of carbonyl (C=O) groups is 1. The van der Waals surface area contributed by atoms with Crippen molar-refractivity contribution in [3.8, 4) is 0 Å². The molecule has 1 aliphatic carbocycles. The summed E-state index contributed by atoms with van der Waals surface area (Å²) >= 11 is 1.62. The molecular weight excluding hydrogens is 274 g/mol. The Labute approximate surface area is 123 Å². The van der Waals surface area contributed by atoms with Gasteiger partial charge in [0.2, 0.25) is 5.91 Å². The highest BCUT2D eigenvalue weighted by Crippen LogP contribution is 2.29. The molecule has 1 saturated heterocycles. The van der Waals surface area contributed by atoms with Gasteiger partial charge in [0.1, 0.15) is 0 Å². The maximum atomic E-state index is 12.0. The molecule has 1 aliphatic heterocycles. The smallest absolute Gasteiger partial charge is 0.232 e. The van der Waals surface area contributed by atoms with E-state index in [-0.39, 0.29) is 5.91 Å². The summed E-state index contributed by atoms with van der Waals surface area (Å²) in [5.41, 5.74) is 0. The van der Waals surface area contributed by atoms with Crippen molar-refractivity contribution in [2.75, 3.05) is 18.8 Å². The molecule has 0 aromatic carbocycles. The van der Waals surface area contributed by atoms with E-state index in [1.54, 1.807) is 11.8 Å². The van der Waals surface area contributed by atoms with E-state index in [2.05, 4.69) is 15.5 Å². The maximum absolute atomic E-state index is 12.0. The number of likely N-dealkylation sites (tertiary alicyclic amines) is 1. The average Bonchev–Trinajstić information content (AvgIpc) is 3.20. The van der Waals surface area contributed by atoms with E-state index in [4.69, 9.17) is 0 Å². The van der Waals surface area contributed by atoms with Crippen molar-refractivity contribution in [2.24, 2.45) is 0 Å². The van der Waals surface area contributed by atoms with Gasteiger partial charge in [-0.1, -0.05) is 12.8 Å². The summed E-state index contributed by atoms with van der Waals surface area (Å²) in [6, 6.07) is 0.467. The van der Waals surface area contributed by atoms with E-state index in [0.29, 0.717) is 11.8 Å². The van der Waals surface area contributed by atoms with Crippen LogP contribution in [0, 0.1) is 0 Å². The molecule has 0 N–H and O–H groups in total. The minimum absolute atomic E-state index is 0.257. The van der Waals surface area contributed by atoms with E-state index in [1.807, 2.05) is 9.58 Å². The highest BCUT2D eigenvalue weighted by molar-refractivity contribution is 7.99. The van der Waals surface area contributed by atoms with E-state index < -0.39 is 0 Å². The van der Waals surface area contributed by atoms with E-state index in [1.165, 1.54) is 25.7 Å². The van der Waals surface area contributed by atoms with Crippen LogP contribution in [0.1, 0.15) is 50.4 Å². The molecule has 0 spiro atoms. The predicted octanol–water partition coefficient (Wildman–Crippen LogP) is 1.64. The highest BCUT2D eigenvalue weighted by Gasteiger charge is 2.22. The van der Waals surface area contributed by atoms with Crippen molar-refractivity contribution in [1.29, 1.82) is 0 Å². The summed E-state index contributed by atoms with van der Waals surface area (Å²) in [6.45, 7) is 1.86. The summed E-state index contributed by atoms with van der Waals surface area (Å²) < 4.78 is 1.97. The number of thioether (sulfide) groups is 1. The van der Waals surface area contributed by atoms with E-state index in [9.17, 15) is 4.79 Å². The average molecular weight is 295 g/mol. The fourth-order valence-electron chi connectivity index (χ4n) is 3.03. The van der Waals surface area contributed by atoms with Crippen molar-refractivity contribution in [2.45, 2.75) is 50.3 Å². The second-order valence-electron chi connectivity index (χ2n) is 5.56. The van der Waals surface area contributed by atoms with Gasteiger partial charge in [-0.2, -0.15) is 0 Å². The molecule has 0 radical (unpaired) electrons. The SMILES string of the molecule is O=C(CSCc1nnnn1C1CCCC1)N1CCCC1. The normalized spacial score (nSPS) is 19.9. The zero-order chi connectivity index (χ0) is 13.8. The Morgan fingerprint density at radius 1 is 1.20 bits per heavy atom.